The molecule has 1 aliphatic carbocycles. The summed E-state index contributed by atoms with van der Waals surface area (Å²) in [6, 6.07) is 14.0. The predicted molar refractivity (Wildman–Crippen MR) is 142 cm³/mol. The van der Waals surface area contributed by atoms with Crippen LogP contribution >= 0.6 is 11.8 Å². The van der Waals surface area contributed by atoms with Crippen LogP contribution in [-0.2, 0) is 10.8 Å². The number of hydrogen-bond donors (Lipinski definition) is 0. The Bertz CT molecular complexity index is 1000. The minimum Gasteiger partial charge on any atom is -0.322 e. The van der Waals surface area contributed by atoms with Gasteiger partial charge in [-0.15, -0.1) is 0 Å². The molecule has 2 heteroatoms. The Hall–Kier alpha value is -1.67. The lowest BCUT2D eigenvalue weighted by molar-refractivity contribution is 0.505. The number of rotatable bonds is 3. The minimum atomic E-state index is 0.106. The van der Waals surface area contributed by atoms with Gasteiger partial charge in [-0.2, -0.15) is 0 Å². The van der Waals surface area contributed by atoms with Crippen molar-refractivity contribution in [3.63, 3.8) is 0 Å². The molecular weight excluding hydrogens is 406 g/mol. The number of allylic oxidation sites excluding steroid dienone is 2. The summed E-state index contributed by atoms with van der Waals surface area (Å²) in [5, 5.41) is 0. The smallest absolute Gasteiger partial charge is 0.169 e. The van der Waals surface area contributed by atoms with Gasteiger partial charge in [-0.05, 0) is 71.6 Å². The molecule has 0 N–H and O–H groups in total. The highest BCUT2D eigenvalue weighted by atomic mass is 32.2. The standard InChI is InChI=1S/C30H39NS/c1-9-21-13-11-15-26-28(21)32-19-31(26)27-20(2)12-10-14-25(27)22-16-23(29(3,4)5)18-24(17-22)30(6,7)8/h10,12,14,16-18,21H,9,11,13,15H2,1-8H3. The predicted octanol–water partition coefficient (Wildman–Crippen LogP) is 9.23. The number of anilines is 1. The van der Waals surface area contributed by atoms with Gasteiger partial charge in [-0.3, -0.25) is 0 Å². The fourth-order valence-electron chi connectivity index (χ4n) is 4.93. The Morgan fingerprint density at radius 1 is 1.00 bits per heavy atom. The van der Waals surface area contributed by atoms with Crippen LogP contribution in [0.15, 0.2) is 47.0 Å². The average Bonchev–Trinajstić information content (AvgIpc) is 3.16. The van der Waals surface area contributed by atoms with Gasteiger partial charge in [0, 0.05) is 16.2 Å². The van der Waals surface area contributed by atoms with Crippen LogP contribution in [-0.4, -0.2) is 0 Å². The van der Waals surface area contributed by atoms with Crippen LogP contribution in [0.4, 0.5) is 5.69 Å². The molecule has 1 unspecified atom stereocenters. The highest BCUT2D eigenvalue weighted by Gasteiger charge is 2.34. The minimum absolute atomic E-state index is 0.106. The molecular formula is C30H39NS. The van der Waals surface area contributed by atoms with E-state index in [-0.39, 0.29) is 10.8 Å². The van der Waals surface area contributed by atoms with Crippen molar-refractivity contribution in [1.82, 2.24) is 0 Å². The molecule has 1 aliphatic heterocycles. The molecule has 0 bridgehead atoms. The summed E-state index contributed by atoms with van der Waals surface area (Å²) < 4.78 is 0. The average molecular weight is 446 g/mol. The normalized spacial score (nSPS) is 19.5. The number of benzene rings is 2. The highest BCUT2D eigenvalue weighted by Crippen LogP contribution is 2.51. The van der Waals surface area contributed by atoms with Crippen molar-refractivity contribution in [2.75, 3.05) is 4.90 Å². The molecule has 2 aliphatic rings. The Morgan fingerprint density at radius 2 is 1.66 bits per heavy atom. The molecule has 1 nitrogen and oxygen atoms in total. The van der Waals surface area contributed by atoms with Crippen LogP contribution in [0.1, 0.15) is 90.8 Å². The number of aryl methyl sites for hydroxylation is 1. The first kappa shape index (κ1) is 23.5. The van der Waals surface area contributed by atoms with E-state index in [1.165, 1.54) is 58.5 Å². The molecule has 0 saturated carbocycles. The van der Waals surface area contributed by atoms with Crippen molar-refractivity contribution in [1.29, 1.82) is 0 Å². The van der Waals surface area contributed by atoms with Gasteiger partial charge < -0.3 is 4.90 Å². The maximum Gasteiger partial charge on any atom is 0.169 e. The summed E-state index contributed by atoms with van der Waals surface area (Å²) in [5.74, 6) is 4.40. The van der Waals surface area contributed by atoms with E-state index < -0.39 is 0 Å². The van der Waals surface area contributed by atoms with Gasteiger partial charge >= 0.3 is 0 Å². The lowest BCUT2D eigenvalue weighted by Crippen LogP contribution is -2.20. The first-order chi connectivity index (χ1) is 15.0. The summed E-state index contributed by atoms with van der Waals surface area (Å²) in [6.45, 7) is 18.5. The monoisotopic (exact) mass is 445 g/mol. The van der Waals surface area contributed by atoms with Gasteiger partial charge in [0.25, 0.3) is 0 Å². The van der Waals surface area contributed by atoms with Crippen LogP contribution in [0.5, 0.6) is 0 Å². The Morgan fingerprint density at radius 3 is 2.25 bits per heavy atom. The molecule has 0 spiro atoms. The van der Waals surface area contributed by atoms with Gasteiger partial charge in [-0.1, -0.05) is 96.6 Å². The van der Waals surface area contributed by atoms with E-state index in [2.05, 4.69) is 103 Å². The second-order valence-corrected chi connectivity index (χ2v) is 12.4. The van der Waals surface area contributed by atoms with Gasteiger partial charge in [0.15, 0.2) is 5.88 Å². The fraction of sp³-hybridized carbons (Fsp3) is 0.500. The number of thioether (sulfide) groups is 1. The third kappa shape index (κ3) is 4.40. The maximum absolute atomic E-state index is 3.70. The van der Waals surface area contributed by atoms with E-state index in [9.17, 15) is 0 Å². The van der Waals surface area contributed by atoms with Crippen molar-refractivity contribution < 1.29 is 0 Å². The van der Waals surface area contributed by atoms with Crippen LogP contribution in [0.25, 0.3) is 11.1 Å². The van der Waals surface area contributed by atoms with E-state index in [0.29, 0.717) is 5.92 Å². The van der Waals surface area contributed by atoms with Gasteiger partial charge in [0.05, 0.1) is 5.69 Å². The third-order valence-electron chi connectivity index (χ3n) is 7.07. The fourth-order valence-corrected chi connectivity index (χ4v) is 6.08. The van der Waals surface area contributed by atoms with Crippen LogP contribution in [0, 0.1) is 18.7 Å². The van der Waals surface area contributed by atoms with E-state index in [1.54, 1.807) is 4.91 Å². The van der Waals surface area contributed by atoms with Crippen molar-refractivity contribution in [2.24, 2.45) is 5.92 Å². The zero-order chi connectivity index (χ0) is 23.3. The molecule has 2 aromatic carbocycles. The lowest BCUT2D eigenvalue weighted by Gasteiger charge is -2.30. The summed E-state index contributed by atoms with van der Waals surface area (Å²) in [4.78, 5) is 3.97. The maximum atomic E-state index is 3.70. The Balaban J connectivity index is 1.89. The van der Waals surface area contributed by atoms with Crippen LogP contribution in [0.2, 0.25) is 0 Å². The highest BCUT2D eigenvalue weighted by molar-refractivity contribution is 8.05. The third-order valence-corrected chi connectivity index (χ3v) is 8.13. The van der Waals surface area contributed by atoms with Gasteiger partial charge in [0.2, 0.25) is 0 Å². The second kappa shape index (κ2) is 8.60. The molecule has 0 aromatic heterocycles. The molecule has 170 valence electrons. The summed E-state index contributed by atoms with van der Waals surface area (Å²) >= 11 is 1.84. The van der Waals surface area contributed by atoms with Crippen molar-refractivity contribution >= 4 is 17.4 Å². The second-order valence-electron chi connectivity index (χ2n) is 11.6. The molecule has 1 heterocycles. The summed E-state index contributed by atoms with van der Waals surface area (Å²) in [6.07, 6.45) is 4.99. The Labute approximate surface area is 200 Å². The number of nitrogens with zero attached hydrogens (tertiary/aromatic N) is 1. The number of hydrogen-bond acceptors (Lipinski definition) is 2. The lowest BCUT2D eigenvalue weighted by atomic mass is 9.78. The Kier molecular flexibility index (Phi) is 6.31. The quantitative estimate of drug-likeness (QED) is 0.463. The van der Waals surface area contributed by atoms with E-state index >= 15 is 0 Å². The largest absolute Gasteiger partial charge is 0.322 e. The molecule has 0 fully saturated rings. The van der Waals surface area contributed by atoms with Crippen LogP contribution in [0.3, 0.4) is 0 Å². The van der Waals surface area contributed by atoms with Gasteiger partial charge in [0.1, 0.15) is 0 Å². The van der Waals surface area contributed by atoms with Crippen molar-refractivity contribution in [2.45, 2.75) is 91.9 Å². The van der Waals surface area contributed by atoms with E-state index in [4.69, 9.17) is 0 Å². The number of para-hydroxylation sites is 1. The first-order valence-electron chi connectivity index (χ1n) is 12.2. The molecule has 1 atom stereocenters. The zero-order valence-electron chi connectivity index (χ0n) is 21.2. The SMILES string of the molecule is CCC1CCCC2=C1S[C]N2c1c(C)cccc1-c1cc(C(C)(C)C)cc(C(C)(C)C)c1. The van der Waals surface area contributed by atoms with Crippen molar-refractivity contribution in [3.05, 3.63) is 69.6 Å². The molecule has 32 heavy (non-hydrogen) atoms. The topological polar surface area (TPSA) is 3.24 Å². The zero-order valence-corrected chi connectivity index (χ0v) is 22.0. The van der Waals surface area contributed by atoms with Crippen molar-refractivity contribution in [3.8, 4) is 11.1 Å². The molecule has 0 saturated heterocycles. The summed E-state index contributed by atoms with van der Waals surface area (Å²) in [5.41, 5.74) is 9.79. The van der Waals surface area contributed by atoms with E-state index in [0.717, 1.165) is 6.42 Å². The van der Waals surface area contributed by atoms with Crippen LogP contribution < -0.4 is 4.90 Å². The first-order valence-corrected chi connectivity index (χ1v) is 13.0. The summed E-state index contributed by atoms with van der Waals surface area (Å²) in [7, 11) is 0. The van der Waals surface area contributed by atoms with Gasteiger partial charge in [-0.25, -0.2) is 0 Å². The molecule has 2 aromatic rings. The molecule has 0 amide bonds. The van der Waals surface area contributed by atoms with E-state index in [1.807, 2.05) is 11.8 Å². The molecule has 4 rings (SSSR count). The molecule has 2 radical (unpaired) electrons.